The van der Waals surface area contributed by atoms with E-state index in [4.69, 9.17) is 30.5 Å². The minimum atomic E-state index is -2.57. The molecule has 0 amide bonds. The van der Waals surface area contributed by atoms with Crippen molar-refractivity contribution in [2.24, 2.45) is 23.7 Å². The van der Waals surface area contributed by atoms with E-state index < -0.39 is 64.8 Å². The molecule has 0 saturated heterocycles. The number of carbonyl (C=O) groups excluding carboxylic acids is 4. The average molecular weight is 497 g/mol. The number of ether oxygens (including phenoxy) is 4. The Balaban J connectivity index is 2.40. The third-order valence-corrected chi connectivity index (χ3v) is 6.99. The molecule has 184 valence electrons. The maximum absolute atomic E-state index is 13.1. The fourth-order valence-electron chi connectivity index (χ4n) is 5.37. The Morgan fingerprint density at radius 3 is 1.82 bits per heavy atom. The van der Waals surface area contributed by atoms with Crippen molar-refractivity contribution in [2.45, 2.75) is 17.9 Å². The molecular formula is C23H25ClO10. The van der Waals surface area contributed by atoms with E-state index in [1.807, 2.05) is 0 Å². The zero-order valence-electron chi connectivity index (χ0n) is 18.9. The van der Waals surface area contributed by atoms with E-state index in [1.165, 1.54) is 0 Å². The molecule has 1 aromatic rings. The number of halogens is 1. The molecule has 0 radical (unpaired) electrons. The summed E-state index contributed by atoms with van der Waals surface area (Å²) in [5.74, 6) is -12.0. The van der Waals surface area contributed by atoms with Crippen LogP contribution in [0.2, 0.25) is 5.02 Å². The first-order valence-corrected chi connectivity index (χ1v) is 10.7. The van der Waals surface area contributed by atoms with Crippen LogP contribution in [0.25, 0.3) is 0 Å². The number of benzene rings is 1. The first-order valence-electron chi connectivity index (χ1n) is 10.3. The van der Waals surface area contributed by atoms with Crippen molar-refractivity contribution >= 4 is 35.5 Å². The van der Waals surface area contributed by atoms with Gasteiger partial charge in [0.1, 0.15) is 17.3 Å². The van der Waals surface area contributed by atoms with Crippen molar-refractivity contribution in [3.05, 3.63) is 46.2 Å². The summed E-state index contributed by atoms with van der Waals surface area (Å²) in [4.78, 5) is 51.7. The Kier molecular flexibility index (Phi) is 7.23. The Labute approximate surface area is 200 Å². The lowest BCUT2D eigenvalue weighted by atomic mass is 9.49. The van der Waals surface area contributed by atoms with Gasteiger partial charge in [0, 0.05) is 16.9 Å². The molecule has 2 N–H and O–H groups in total. The highest BCUT2D eigenvalue weighted by atomic mass is 35.5. The molecule has 0 aliphatic heterocycles. The van der Waals surface area contributed by atoms with Crippen LogP contribution in [0.5, 0.6) is 0 Å². The molecular weight excluding hydrogens is 472 g/mol. The minimum absolute atomic E-state index is 0.0636. The van der Waals surface area contributed by atoms with Crippen molar-refractivity contribution in [3.8, 4) is 0 Å². The lowest BCUT2D eigenvalue weighted by Crippen LogP contribution is -2.68. The van der Waals surface area contributed by atoms with Crippen LogP contribution in [-0.4, -0.2) is 68.1 Å². The zero-order chi connectivity index (χ0) is 25.4. The molecule has 0 heterocycles. The van der Waals surface area contributed by atoms with Crippen LogP contribution in [-0.2, 0) is 38.1 Å². The highest BCUT2D eigenvalue weighted by Gasteiger charge is 2.71. The standard InChI is InChI=1S/C23H25ClO10/c1-31-19(26)14-13-9-12(10-5-7-11(24)8-6-10)15(20(27)32-2)23(30,16(13)21(28)33-3)17(18(14)25)22(29)34-4/h5-8,12-13,15-17,25,30H,9H2,1-4H3/t12-,13-,15-,16-,17?,23+/m0/s1. The molecule has 11 heteroatoms. The number of rotatable bonds is 5. The Hall–Kier alpha value is -3.11. The smallest absolute Gasteiger partial charge is 0.337 e. The number of aliphatic hydroxyl groups excluding tert-OH is 1. The molecule has 34 heavy (non-hydrogen) atoms. The monoisotopic (exact) mass is 496 g/mol. The number of hydrogen-bond donors (Lipinski definition) is 2. The van der Waals surface area contributed by atoms with E-state index in [0.717, 1.165) is 28.4 Å². The summed E-state index contributed by atoms with van der Waals surface area (Å²) in [6.07, 6.45) is -0.0636. The number of fused-ring (bicyclic) bond motifs is 2. The predicted molar refractivity (Wildman–Crippen MR) is 115 cm³/mol. The normalized spacial score (nSPS) is 30.2. The summed E-state index contributed by atoms with van der Waals surface area (Å²) in [6.45, 7) is 0. The second-order valence-electron chi connectivity index (χ2n) is 8.14. The van der Waals surface area contributed by atoms with Crippen molar-refractivity contribution in [1.82, 2.24) is 0 Å². The fourth-order valence-corrected chi connectivity index (χ4v) is 5.50. The molecule has 10 nitrogen and oxygen atoms in total. The molecule has 3 rings (SSSR count). The third-order valence-electron chi connectivity index (χ3n) is 6.74. The summed E-state index contributed by atoms with van der Waals surface area (Å²) >= 11 is 6.00. The lowest BCUT2D eigenvalue weighted by Gasteiger charge is -2.55. The number of hydrogen-bond acceptors (Lipinski definition) is 10. The van der Waals surface area contributed by atoms with Gasteiger partial charge in [-0.1, -0.05) is 23.7 Å². The summed E-state index contributed by atoms with van der Waals surface area (Å²) in [6, 6.07) is 6.39. The van der Waals surface area contributed by atoms with Crippen LogP contribution in [0.1, 0.15) is 17.9 Å². The molecule has 2 aliphatic carbocycles. The Morgan fingerprint density at radius 2 is 1.35 bits per heavy atom. The first-order chi connectivity index (χ1) is 16.1. The van der Waals surface area contributed by atoms with Gasteiger partial charge in [0.05, 0.1) is 45.8 Å². The van der Waals surface area contributed by atoms with Gasteiger partial charge in [-0.3, -0.25) is 14.4 Å². The number of esters is 4. The van der Waals surface area contributed by atoms with Crippen LogP contribution >= 0.6 is 11.6 Å². The van der Waals surface area contributed by atoms with E-state index in [0.29, 0.717) is 10.6 Å². The van der Waals surface area contributed by atoms with Crippen molar-refractivity contribution in [3.63, 3.8) is 0 Å². The van der Waals surface area contributed by atoms with Crippen LogP contribution < -0.4 is 0 Å². The van der Waals surface area contributed by atoms with Crippen LogP contribution in [0, 0.1) is 23.7 Å². The molecule has 0 aromatic heterocycles. The largest absolute Gasteiger partial charge is 0.511 e. The molecule has 1 unspecified atom stereocenters. The zero-order valence-corrected chi connectivity index (χ0v) is 19.7. The van der Waals surface area contributed by atoms with Crippen LogP contribution in [0.3, 0.4) is 0 Å². The molecule has 1 saturated carbocycles. The van der Waals surface area contributed by atoms with Gasteiger partial charge >= 0.3 is 23.9 Å². The molecule has 1 aromatic carbocycles. The summed E-state index contributed by atoms with van der Waals surface area (Å²) < 4.78 is 19.4. The quantitative estimate of drug-likeness (QED) is 0.454. The number of aliphatic hydroxyl groups is 2. The fraction of sp³-hybridized carbons (Fsp3) is 0.478. The van der Waals surface area contributed by atoms with Crippen molar-refractivity contribution in [2.75, 3.05) is 28.4 Å². The first kappa shape index (κ1) is 25.5. The van der Waals surface area contributed by atoms with Gasteiger partial charge in [-0.05, 0) is 24.1 Å². The van der Waals surface area contributed by atoms with Crippen LogP contribution in [0.15, 0.2) is 35.6 Å². The lowest BCUT2D eigenvalue weighted by molar-refractivity contribution is -0.208. The highest BCUT2D eigenvalue weighted by molar-refractivity contribution is 6.30. The minimum Gasteiger partial charge on any atom is -0.511 e. The maximum atomic E-state index is 13.1. The van der Waals surface area contributed by atoms with Gasteiger partial charge < -0.3 is 29.2 Å². The second kappa shape index (κ2) is 9.63. The van der Waals surface area contributed by atoms with E-state index in [-0.39, 0.29) is 12.0 Å². The summed E-state index contributed by atoms with van der Waals surface area (Å²) in [5, 5.41) is 23.6. The molecule has 2 aliphatic rings. The van der Waals surface area contributed by atoms with Gasteiger partial charge in [-0.2, -0.15) is 0 Å². The van der Waals surface area contributed by atoms with Gasteiger partial charge in [0.15, 0.2) is 0 Å². The van der Waals surface area contributed by atoms with Gasteiger partial charge in [-0.15, -0.1) is 0 Å². The van der Waals surface area contributed by atoms with Crippen molar-refractivity contribution < 1.29 is 48.3 Å². The van der Waals surface area contributed by atoms with E-state index >= 15 is 0 Å². The van der Waals surface area contributed by atoms with E-state index in [9.17, 15) is 29.4 Å². The molecule has 6 atom stereocenters. The maximum Gasteiger partial charge on any atom is 0.337 e. The predicted octanol–water partition coefficient (Wildman–Crippen LogP) is 1.54. The van der Waals surface area contributed by atoms with E-state index in [2.05, 4.69) is 0 Å². The Morgan fingerprint density at radius 1 is 0.853 bits per heavy atom. The molecule has 1 fully saturated rings. The highest BCUT2D eigenvalue weighted by Crippen LogP contribution is 2.60. The summed E-state index contributed by atoms with van der Waals surface area (Å²) in [7, 11) is 4.23. The van der Waals surface area contributed by atoms with E-state index in [1.54, 1.807) is 24.3 Å². The number of carbonyl (C=O) groups is 4. The number of methoxy groups -OCH3 is 4. The average Bonchev–Trinajstić information content (AvgIpc) is 2.82. The van der Waals surface area contributed by atoms with Gasteiger partial charge in [0.2, 0.25) is 0 Å². The second-order valence-corrected chi connectivity index (χ2v) is 8.57. The topological polar surface area (TPSA) is 146 Å². The molecule has 0 spiro atoms. The third kappa shape index (κ3) is 3.80. The van der Waals surface area contributed by atoms with Crippen molar-refractivity contribution in [1.29, 1.82) is 0 Å². The Bertz CT molecular complexity index is 1030. The summed E-state index contributed by atoms with van der Waals surface area (Å²) in [5.41, 5.74) is -2.41. The van der Waals surface area contributed by atoms with Crippen LogP contribution in [0.4, 0.5) is 0 Å². The van der Waals surface area contributed by atoms with Gasteiger partial charge in [0.25, 0.3) is 0 Å². The van der Waals surface area contributed by atoms with Gasteiger partial charge in [-0.25, -0.2) is 4.79 Å². The SMILES string of the molecule is COC(=O)C1=C(O)C(C(=O)OC)[C@]2(O)[C@H](C(=O)OC)[C@H]1C[C@@H](c1ccc(Cl)cc1)[C@H]2C(=O)OC. The molecule has 2 bridgehead atoms.